The zero-order valence-corrected chi connectivity index (χ0v) is 10.7. The first-order valence-corrected chi connectivity index (χ1v) is 6.36. The van der Waals surface area contributed by atoms with Gasteiger partial charge in [0.2, 0.25) is 0 Å². The maximum atomic E-state index is 5.90. The Hall–Kier alpha value is -0.640. The average Bonchev–Trinajstić information content (AvgIpc) is 2.56. The van der Waals surface area contributed by atoms with Crippen LogP contribution in [0.4, 0.5) is 0 Å². The number of aromatic nitrogens is 1. The van der Waals surface area contributed by atoms with Crippen LogP contribution < -0.4 is 0 Å². The molecule has 0 N–H and O–H groups in total. The summed E-state index contributed by atoms with van der Waals surface area (Å²) in [7, 11) is 0. The van der Waals surface area contributed by atoms with E-state index in [9.17, 15) is 0 Å². The van der Waals surface area contributed by atoms with Gasteiger partial charge < -0.3 is 0 Å². The molecule has 15 heavy (non-hydrogen) atoms. The average molecular weight is 299 g/mol. The standard InChI is InChI=1S/C11H5BrClNS/c12-6-1-2-9-7(3-6)8-4-11(13)14-5-10(8)15-9/h1-5H. The Morgan fingerprint density at radius 3 is 2.80 bits per heavy atom. The zero-order chi connectivity index (χ0) is 10.4. The van der Waals surface area contributed by atoms with Crippen LogP contribution in [-0.2, 0) is 0 Å². The van der Waals surface area contributed by atoms with Gasteiger partial charge in [-0.05, 0) is 24.3 Å². The summed E-state index contributed by atoms with van der Waals surface area (Å²) in [5, 5.41) is 2.95. The molecule has 3 rings (SSSR count). The monoisotopic (exact) mass is 297 g/mol. The maximum Gasteiger partial charge on any atom is 0.129 e. The largest absolute Gasteiger partial charge is 0.243 e. The van der Waals surface area contributed by atoms with Gasteiger partial charge in [0.15, 0.2) is 0 Å². The molecule has 0 fully saturated rings. The molecule has 0 atom stereocenters. The lowest BCUT2D eigenvalue weighted by atomic mass is 10.2. The van der Waals surface area contributed by atoms with E-state index in [0.717, 1.165) is 4.47 Å². The third kappa shape index (κ3) is 1.55. The summed E-state index contributed by atoms with van der Waals surface area (Å²) in [6.45, 7) is 0. The molecule has 4 heteroatoms. The number of hydrogen-bond acceptors (Lipinski definition) is 2. The first-order chi connectivity index (χ1) is 7.24. The molecular weight excluding hydrogens is 294 g/mol. The summed E-state index contributed by atoms with van der Waals surface area (Å²) in [5.41, 5.74) is 0. The van der Waals surface area contributed by atoms with E-state index in [1.54, 1.807) is 11.3 Å². The number of nitrogens with zero attached hydrogens (tertiary/aromatic N) is 1. The quantitative estimate of drug-likeness (QED) is 0.540. The summed E-state index contributed by atoms with van der Waals surface area (Å²) in [5.74, 6) is 0. The fraction of sp³-hybridized carbons (Fsp3) is 0. The predicted octanol–water partition coefficient (Wildman–Crippen LogP) is 4.87. The predicted molar refractivity (Wildman–Crippen MR) is 69.8 cm³/mol. The molecule has 0 saturated carbocycles. The van der Waals surface area contributed by atoms with Crippen molar-refractivity contribution in [2.24, 2.45) is 0 Å². The molecule has 74 valence electrons. The molecule has 0 saturated heterocycles. The highest BCUT2D eigenvalue weighted by molar-refractivity contribution is 9.10. The minimum absolute atomic E-state index is 0.544. The van der Waals surface area contributed by atoms with Crippen molar-refractivity contribution in [2.45, 2.75) is 0 Å². The van der Waals surface area contributed by atoms with Crippen molar-refractivity contribution in [2.75, 3.05) is 0 Å². The highest BCUT2D eigenvalue weighted by Crippen LogP contribution is 2.35. The molecule has 1 nitrogen and oxygen atoms in total. The Morgan fingerprint density at radius 2 is 1.93 bits per heavy atom. The van der Waals surface area contributed by atoms with Crippen molar-refractivity contribution < 1.29 is 0 Å². The molecule has 0 amide bonds. The number of hydrogen-bond donors (Lipinski definition) is 0. The van der Waals surface area contributed by atoms with E-state index in [0.29, 0.717) is 5.15 Å². The summed E-state index contributed by atoms with van der Waals surface area (Å²) in [6.07, 6.45) is 1.83. The Balaban J connectivity index is 2.55. The number of pyridine rings is 1. The van der Waals surface area contributed by atoms with Crippen molar-refractivity contribution in [1.82, 2.24) is 4.98 Å². The molecular formula is C11H5BrClNS. The van der Waals surface area contributed by atoms with Crippen molar-refractivity contribution in [3.63, 3.8) is 0 Å². The molecule has 0 spiro atoms. The second-order valence-corrected chi connectivity index (χ2v) is 5.63. The smallest absolute Gasteiger partial charge is 0.129 e. The number of fused-ring (bicyclic) bond motifs is 3. The molecule has 0 radical (unpaired) electrons. The van der Waals surface area contributed by atoms with E-state index in [-0.39, 0.29) is 0 Å². The van der Waals surface area contributed by atoms with Crippen LogP contribution in [0.15, 0.2) is 34.9 Å². The van der Waals surface area contributed by atoms with E-state index in [1.807, 2.05) is 18.3 Å². The Labute approximate surface area is 104 Å². The van der Waals surface area contributed by atoms with Crippen LogP contribution in [0.3, 0.4) is 0 Å². The molecule has 3 aromatic rings. The van der Waals surface area contributed by atoms with Gasteiger partial charge in [-0.2, -0.15) is 0 Å². The van der Waals surface area contributed by atoms with E-state index < -0.39 is 0 Å². The van der Waals surface area contributed by atoms with Crippen molar-refractivity contribution >= 4 is 59.0 Å². The fourth-order valence-electron chi connectivity index (χ4n) is 1.63. The van der Waals surface area contributed by atoms with Crippen LogP contribution in [0.25, 0.3) is 20.2 Å². The minimum atomic E-state index is 0.544. The van der Waals surface area contributed by atoms with Crippen LogP contribution in [0.5, 0.6) is 0 Å². The summed E-state index contributed by atoms with van der Waals surface area (Å²) < 4.78 is 3.52. The minimum Gasteiger partial charge on any atom is -0.243 e. The second kappa shape index (κ2) is 3.44. The van der Waals surface area contributed by atoms with Crippen LogP contribution >= 0.6 is 38.9 Å². The SMILES string of the molecule is Clc1cc2c(cn1)sc1ccc(Br)cc12. The lowest BCUT2D eigenvalue weighted by Gasteiger charge is -1.93. The van der Waals surface area contributed by atoms with Gasteiger partial charge in [-0.1, -0.05) is 27.5 Å². The van der Waals surface area contributed by atoms with Crippen molar-refractivity contribution in [1.29, 1.82) is 0 Å². The number of halogens is 2. The molecule has 0 unspecified atom stereocenters. The van der Waals surface area contributed by atoms with Gasteiger partial charge in [0.1, 0.15) is 5.15 Å². The molecule has 2 heterocycles. The molecule has 2 aromatic heterocycles. The van der Waals surface area contributed by atoms with Crippen LogP contribution in [-0.4, -0.2) is 4.98 Å². The first kappa shape index (κ1) is 9.58. The highest BCUT2D eigenvalue weighted by atomic mass is 79.9. The number of rotatable bonds is 0. The van der Waals surface area contributed by atoms with Crippen molar-refractivity contribution in [3.05, 3.63) is 40.1 Å². The fourth-order valence-corrected chi connectivity index (χ4v) is 3.18. The van der Waals surface area contributed by atoms with Gasteiger partial charge >= 0.3 is 0 Å². The maximum absolute atomic E-state index is 5.90. The van der Waals surface area contributed by atoms with E-state index in [2.05, 4.69) is 33.0 Å². The van der Waals surface area contributed by atoms with Crippen molar-refractivity contribution in [3.8, 4) is 0 Å². The van der Waals surface area contributed by atoms with Gasteiger partial charge in [0, 0.05) is 26.1 Å². The number of thiophene rings is 1. The van der Waals surface area contributed by atoms with Gasteiger partial charge in [0.25, 0.3) is 0 Å². The van der Waals surface area contributed by atoms with Gasteiger partial charge in [0.05, 0.1) is 4.70 Å². The van der Waals surface area contributed by atoms with Crippen LogP contribution in [0.1, 0.15) is 0 Å². The van der Waals surface area contributed by atoms with Gasteiger partial charge in [-0.15, -0.1) is 11.3 Å². The van der Waals surface area contributed by atoms with Crippen LogP contribution in [0.2, 0.25) is 5.15 Å². The van der Waals surface area contributed by atoms with Crippen LogP contribution in [0, 0.1) is 0 Å². The summed E-state index contributed by atoms with van der Waals surface area (Å²) in [4.78, 5) is 4.09. The van der Waals surface area contributed by atoms with E-state index in [4.69, 9.17) is 11.6 Å². The molecule has 0 bridgehead atoms. The zero-order valence-electron chi connectivity index (χ0n) is 7.50. The first-order valence-electron chi connectivity index (χ1n) is 4.37. The van der Waals surface area contributed by atoms with Gasteiger partial charge in [-0.3, -0.25) is 0 Å². The molecule has 0 aliphatic rings. The third-order valence-corrected chi connectivity index (χ3v) is 4.11. The summed E-state index contributed by atoms with van der Waals surface area (Å²) >= 11 is 11.1. The normalized spacial score (nSPS) is 11.3. The van der Waals surface area contributed by atoms with E-state index in [1.165, 1.54) is 20.2 Å². The molecule has 0 aliphatic carbocycles. The summed E-state index contributed by atoms with van der Waals surface area (Å²) in [6, 6.07) is 8.19. The Morgan fingerprint density at radius 1 is 1.13 bits per heavy atom. The lowest BCUT2D eigenvalue weighted by molar-refractivity contribution is 1.37. The van der Waals surface area contributed by atoms with Gasteiger partial charge in [-0.25, -0.2) is 4.98 Å². The highest BCUT2D eigenvalue weighted by Gasteiger charge is 2.06. The van der Waals surface area contributed by atoms with E-state index >= 15 is 0 Å². The second-order valence-electron chi connectivity index (χ2n) is 3.25. The lowest BCUT2D eigenvalue weighted by Crippen LogP contribution is -1.72. The third-order valence-electron chi connectivity index (χ3n) is 2.29. The topological polar surface area (TPSA) is 12.9 Å². The Kier molecular flexibility index (Phi) is 2.20. The molecule has 1 aromatic carbocycles. The number of benzene rings is 1. The Bertz CT molecular complexity index is 606. The molecule has 0 aliphatic heterocycles.